The molecular weight excluding hydrogens is 441 g/mol. The SMILES string of the molecule is CCNC(=NCCCN1CCCCC1C)NCCn1cnnc1CC.I. The predicted molar refractivity (Wildman–Crippen MR) is 118 cm³/mol. The van der Waals surface area contributed by atoms with Crippen LogP contribution in [0.1, 0.15) is 52.3 Å². The van der Waals surface area contributed by atoms with Gasteiger partial charge in [0.1, 0.15) is 12.2 Å². The summed E-state index contributed by atoms with van der Waals surface area (Å²) in [6, 6.07) is 0.737. The third-order valence-corrected chi connectivity index (χ3v) is 4.82. The summed E-state index contributed by atoms with van der Waals surface area (Å²) in [7, 11) is 0. The number of nitrogens with zero attached hydrogens (tertiary/aromatic N) is 5. The first-order valence-electron chi connectivity index (χ1n) is 9.87. The van der Waals surface area contributed by atoms with E-state index in [2.05, 4.69) is 51.1 Å². The molecule has 2 rings (SSSR count). The third-order valence-electron chi connectivity index (χ3n) is 4.82. The predicted octanol–water partition coefficient (Wildman–Crippen LogP) is 2.28. The second-order valence-electron chi connectivity index (χ2n) is 6.72. The maximum atomic E-state index is 4.71. The minimum Gasteiger partial charge on any atom is -0.357 e. The standard InChI is InChI=1S/C18H35N7.HI/c1-4-17-23-22-15-25(17)14-11-21-18(19-5-2)20-10-8-13-24-12-7-6-9-16(24)3;/h15-16H,4-14H2,1-3H3,(H2,19,20,21);1H. The molecule has 2 N–H and O–H groups in total. The Bertz CT molecular complexity index is 517. The molecule has 1 aromatic rings. The number of likely N-dealkylation sites (tertiary alicyclic amines) is 1. The van der Waals surface area contributed by atoms with Crippen molar-refractivity contribution in [2.75, 3.05) is 32.7 Å². The van der Waals surface area contributed by atoms with E-state index in [1.807, 2.05) is 0 Å². The summed E-state index contributed by atoms with van der Waals surface area (Å²) in [5, 5.41) is 14.8. The summed E-state index contributed by atoms with van der Waals surface area (Å²) in [4.78, 5) is 7.32. The van der Waals surface area contributed by atoms with Crippen LogP contribution in [0.5, 0.6) is 0 Å². The Hall–Kier alpha value is -0.900. The minimum atomic E-state index is 0. The van der Waals surface area contributed by atoms with Crippen LogP contribution in [0.15, 0.2) is 11.3 Å². The number of guanidine groups is 1. The summed E-state index contributed by atoms with van der Waals surface area (Å²) in [5.41, 5.74) is 0. The molecule has 0 aliphatic carbocycles. The van der Waals surface area contributed by atoms with E-state index in [0.29, 0.717) is 0 Å². The van der Waals surface area contributed by atoms with Crippen molar-refractivity contribution < 1.29 is 0 Å². The molecule has 1 aliphatic rings. The largest absolute Gasteiger partial charge is 0.357 e. The van der Waals surface area contributed by atoms with E-state index in [9.17, 15) is 0 Å². The van der Waals surface area contributed by atoms with Crippen molar-refractivity contribution in [3.8, 4) is 0 Å². The number of nitrogens with one attached hydrogen (secondary N) is 2. The van der Waals surface area contributed by atoms with E-state index in [4.69, 9.17) is 4.99 Å². The van der Waals surface area contributed by atoms with E-state index >= 15 is 0 Å². The summed E-state index contributed by atoms with van der Waals surface area (Å²) >= 11 is 0. The number of hydrogen-bond acceptors (Lipinski definition) is 4. The highest BCUT2D eigenvalue weighted by Crippen LogP contribution is 2.16. The Labute approximate surface area is 175 Å². The second-order valence-corrected chi connectivity index (χ2v) is 6.72. The normalized spacial score (nSPS) is 18.4. The van der Waals surface area contributed by atoms with Gasteiger partial charge in [0.05, 0.1) is 0 Å². The quantitative estimate of drug-likeness (QED) is 0.247. The molecule has 0 spiro atoms. The van der Waals surface area contributed by atoms with Crippen molar-refractivity contribution in [2.24, 2.45) is 4.99 Å². The van der Waals surface area contributed by atoms with Gasteiger partial charge in [0.25, 0.3) is 0 Å². The summed E-state index contributed by atoms with van der Waals surface area (Å²) in [5.74, 6) is 1.93. The highest BCUT2D eigenvalue weighted by Gasteiger charge is 2.16. The molecule has 1 atom stereocenters. The molecule has 1 fully saturated rings. The topological polar surface area (TPSA) is 70.4 Å². The van der Waals surface area contributed by atoms with E-state index < -0.39 is 0 Å². The first-order chi connectivity index (χ1) is 12.2. The molecule has 8 heteroatoms. The fourth-order valence-electron chi connectivity index (χ4n) is 3.33. The molecule has 1 saturated heterocycles. The molecule has 0 saturated carbocycles. The molecule has 0 aromatic carbocycles. The van der Waals surface area contributed by atoms with E-state index in [1.165, 1.54) is 25.8 Å². The van der Waals surface area contributed by atoms with Crippen LogP contribution in [0.25, 0.3) is 0 Å². The minimum absolute atomic E-state index is 0. The van der Waals surface area contributed by atoms with Gasteiger partial charge in [-0.05, 0) is 39.7 Å². The van der Waals surface area contributed by atoms with E-state index in [1.54, 1.807) is 6.33 Å². The van der Waals surface area contributed by atoms with Gasteiger partial charge in [-0.25, -0.2) is 0 Å². The second kappa shape index (κ2) is 13.3. The van der Waals surface area contributed by atoms with Crippen LogP contribution in [0.3, 0.4) is 0 Å². The van der Waals surface area contributed by atoms with Gasteiger partial charge in [-0.15, -0.1) is 34.2 Å². The van der Waals surface area contributed by atoms with Gasteiger partial charge < -0.3 is 20.1 Å². The summed E-state index contributed by atoms with van der Waals surface area (Å²) in [6.45, 7) is 12.4. The Kier molecular flexibility index (Phi) is 11.8. The number of aromatic nitrogens is 3. The molecule has 0 bridgehead atoms. The van der Waals surface area contributed by atoms with Crippen LogP contribution in [-0.2, 0) is 13.0 Å². The molecule has 7 nitrogen and oxygen atoms in total. The Morgan fingerprint density at radius 3 is 2.85 bits per heavy atom. The maximum absolute atomic E-state index is 4.71. The number of piperidine rings is 1. The summed E-state index contributed by atoms with van der Waals surface area (Å²) < 4.78 is 2.09. The first-order valence-corrected chi connectivity index (χ1v) is 9.87. The van der Waals surface area contributed by atoms with Crippen molar-refractivity contribution in [1.82, 2.24) is 30.3 Å². The lowest BCUT2D eigenvalue weighted by Crippen LogP contribution is -2.40. The fourth-order valence-corrected chi connectivity index (χ4v) is 3.33. The van der Waals surface area contributed by atoms with Crippen molar-refractivity contribution in [3.05, 3.63) is 12.2 Å². The first kappa shape index (κ1) is 23.1. The lowest BCUT2D eigenvalue weighted by Gasteiger charge is -2.33. The van der Waals surface area contributed by atoms with Crippen LogP contribution < -0.4 is 10.6 Å². The zero-order chi connectivity index (χ0) is 17.9. The fraction of sp³-hybridized carbons (Fsp3) is 0.833. The van der Waals surface area contributed by atoms with Crippen LogP contribution in [0.2, 0.25) is 0 Å². The number of aliphatic imine (C=N–C) groups is 1. The van der Waals surface area contributed by atoms with Crippen molar-refractivity contribution >= 4 is 29.9 Å². The van der Waals surface area contributed by atoms with Crippen LogP contribution in [0.4, 0.5) is 0 Å². The molecule has 1 unspecified atom stereocenters. The molecule has 150 valence electrons. The number of aryl methyl sites for hydroxylation is 1. The van der Waals surface area contributed by atoms with Crippen molar-refractivity contribution in [3.63, 3.8) is 0 Å². The zero-order valence-electron chi connectivity index (χ0n) is 16.6. The van der Waals surface area contributed by atoms with Gasteiger partial charge in [0.15, 0.2) is 5.96 Å². The van der Waals surface area contributed by atoms with E-state index in [0.717, 1.165) is 63.4 Å². The number of rotatable bonds is 9. The van der Waals surface area contributed by atoms with Gasteiger partial charge in [0, 0.05) is 45.2 Å². The molecule has 0 radical (unpaired) electrons. The van der Waals surface area contributed by atoms with Crippen molar-refractivity contribution in [1.29, 1.82) is 0 Å². The lowest BCUT2D eigenvalue weighted by molar-refractivity contribution is 0.160. The average Bonchev–Trinajstić information content (AvgIpc) is 3.07. The molecule has 1 aliphatic heterocycles. The van der Waals surface area contributed by atoms with Gasteiger partial charge >= 0.3 is 0 Å². The van der Waals surface area contributed by atoms with Crippen LogP contribution in [-0.4, -0.2) is 64.4 Å². The van der Waals surface area contributed by atoms with Gasteiger partial charge in [-0.3, -0.25) is 4.99 Å². The van der Waals surface area contributed by atoms with Gasteiger partial charge in [-0.1, -0.05) is 13.3 Å². The molecule has 0 amide bonds. The molecule has 2 heterocycles. The zero-order valence-corrected chi connectivity index (χ0v) is 18.9. The lowest BCUT2D eigenvalue weighted by atomic mass is 10.0. The molecular formula is C18H36IN7. The van der Waals surface area contributed by atoms with Gasteiger partial charge in [-0.2, -0.15) is 0 Å². The number of hydrogen-bond donors (Lipinski definition) is 2. The smallest absolute Gasteiger partial charge is 0.191 e. The van der Waals surface area contributed by atoms with E-state index in [-0.39, 0.29) is 24.0 Å². The highest BCUT2D eigenvalue weighted by molar-refractivity contribution is 14.0. The Balaban J connectivity index is 0.00000338. The molecule has 1 aromatic heterocycles. The molecule has 26 heavy (non-hydrogen) atoms. The average molecular weight is 477 g/mol. The summed E-state index contributed by atoms with van der Waals surface area (Å²) in [6.07, 6.45) is 7.90. The van der Waals surface area contributed by atoms with Crippen LogP contribution in [0, 0.1) is 0 Å². The highest BCUT2D eigenvalue weighted by atomic mass is 127. The Morgan fingerprint density at radius 1 is 1.27 bits per heavy atom. The Morgan fingerprint density at radius 2 is 2.12 bits per heavy atom. The monoisotopic (exact) mass is 477 g/mol. The van der Waals surface area contributed by atoms with Gasteiger partial charge in [0.2, 0.25) is 0 Å². The third kappa shape index (κ3) is 7.77. The van der Waals surface area contributed by atoms with Crippen LogP contribution >= 0.6 is 24.0 Å². The maximum Gasteiger partial charge on any atom is 0.191 e. The number of halogens is 1. The van der Waals surface area contributed by atoms with Crippen molar-refractivity contribution in [2.45, 2.75) is 65.5 Å².